The van der Waals surface area contributed by atoms with E-state index in [9.17, 15) is 4.79 Å². The van der Waals surface area contributed by atoms with Crippen LogP contribution in [0, 0.1) is 5.82 Å². The number of methoxy groups -OCH3 is 1. The predicted octanol–water partition coefficient (Wildman–Crippen LogP) is 4.72. The average Bonchev–Trinajstić information content (AvgIpc) is 3.03. The molecule has 0 spiro atoms. The number of halogens is 1. The lowest BCUT2D eigenvalue weighted by atomic mass is 9.87. The van der Waals surface area contributed by atoms with Crippen molar-refractivity contribution in [3.8, 4) is 0 Å². The molecule has 1 amide bonds. The van der Waals surface area contributed by atoms with E-state index in [-0.39, 0.29) is 23.2 Å². The van der Waals surface area contributed by atoms with Crippen molar-refractivity contribution in [3.05, 3.63) is 46.6 Å². The number of nitrogens with one attached hydrogen (secondary N) is 1. The minimum atomic E-state index is -0.302. The van der Waals surface area contributed by atoms with Gasteiger partial charge in [-0.1, -0.05) is 50.8 Å². The number of anilines is 1. The monoisotopic (exact) mass is 475 g/mol. The molecule has 1 aromatic rings. The predicted molar refractivity (Wildman–Crippen MR) is 136 cm³/mol. The van der Waals surface area contributed by atoms with Gasteiger partial charge in [0.05, 0.1) is 18.0 Å². The van der Waals surface area contributed by atoms with E-state index in [4.69, 9.17) is 4.74 Å². The Morgan fingerprint density at radius 1 is 1.39 bits per heavy atom. The van der Waals surface area contributed by atoms with Crippen LogP contribution in [0.1, 0.15) is 46.6 Å². The first-order valence-electron chi connectivity index (χ1n) is 11.8. The highest BCUT2D eigenvalue weighted by molar-refractivity contribution is 8.03. The largest absolute Gasteiger partial charge is 0.383 e. The molecular formula is C26H38FN3O2S. The summed E-state index contributed by atoms with van der Waals surface area (Å²) in [6.07, 6.45) is 7.00. The molecule has 2 heterocycles. The third-order valence-electron chi connectivity index (χ3n) is 6.38. The molecule has 1 aromatic carbocycles. The number of nitrogens with zero attached hydrogens (tertiary/aromatic N) is 2. The fourth-order valence-electron chi connectivity index (χ4n) is 4.57. The minimum Gasteiger partial charge on any atom is -0.383 e. The molecule has 1 saturated heterocycles. The van der Waals surface area contributed by atoms with E-state index in [1.807, 2.05) is 30.0 Å². The second kappa shape index (κ2) is 11.2. The number of allylic oxidation sites excluding steroid dienone is 3. The van der Waals surface area contributed by atoms with Gasteiger partial charge in [0.15, 0.2) is 0 Å². The lowest BCUT2D eigenvalue weighted by Gasteiger charge is -2.39. The summed E-state index contributed by atoms with van der Waals surface area (Å²) in [6.45, 7) is 13.4. The quantitative estimate of drug-likeness (QED) is 0.435. The highest BCUT2D eigenvalue weighted by atomic mass is 32.2. The summed E-state index contributed by atoms with van der Waals surface area (Å²) in [5.41, 5.74) is 1.42. The molecule has 0 aliphatic carbocycles. The van der Waals surface area contributed by atoms with E-state index in [0.29, 0.717) is 30.6 Å². The second-order valence-corrected chi connectivity index (χ2v) is 10.7. The Morgan fingerprint density at radius 3 is 2.82 bits per heavy atom. The summed E-state index contributed by atoms with van der Waals surface area (Å²) in [6, 6.07) is 3.97. The number of carbonyl (C=O) groups is 1. The van der Waals surface area contributed by atoms with Crippen LogP contribution in [-0.4, -0.2) is 62.8 Å². The molecule has 182 valence electrons. The van der Waals surface area contributed by atoms with E-state index in [1.54, 1.807) is 13.2 Å². The number of benzene rings is 1. The molecule has 3 rings (SSSR count). The van der Waals surface area contributed by atoms with E-state index in [0.717, 1.165) is 35.7 Å². The van der Waals surface area contributed by atoms with Crippen molar-refractivity contribution in [1.29, 1.82) is 0 Å². The molecule has 1 fully saturated rings. The van der Waals surface area contributed by atoms with Crippen molar-refractivity contribution < 1.29 is 13.9 Å². The summed E-state index contributed by atoms with van der Waals surface area (Å²) in [5.74, 6) is -0.182. The SMILES string of the molecule is C/C=C(\C=C/CC)Sc1cc2c(cc1F)C(C)(C)CN2C(=O)CN1C[C@@H](C)NC[C@@H]1COC. The Bertz CT molecular complexity index is 915. The van der Waals surface area contributed by atoms with Crippen molar-refractivity contribution in [3.63, 3.8) is 0 Å². The van der Waals surface area contributed by atoms with Crippen molar-refractivity contribution in [2.75, 3.05) is 44.8 Å². The molecule has 7 heteroatoms. The zero-order valence-corrected chi connectivity index (χ0v) is 21.6. The van der Waals surface area contributed by atoms with Crippen molar-refractivity contribution in [2.24, 2.45) is 0 Å². The third-order valence-corrected chi connectivity index (χ3v) is 7.52. The number of hydrogen-bond acceptors (Lipinski definition) is 5. The van der Waals surface area contributed by atoms with Crippen LogP contribution in [-0.2, 0) is 14.9 Å². The van der Waals surface area contributed by atoms with Gasteiger partial charge < -0.3 is 15.0 Å². The fourth-order valence-corrected chi connectivity index (χ4v) is 5.43. The van der Waals surface area contributed by atoms with E-state index >= 15 is 4.39 Å². The summed E-state index contributed by atoms with van der Waals surface area (Å²) in [5, 5.41) is 3.47. The highest BCUT2D eigenvalue weighted by Gasteiger charge is 2.40. The van der Waals surface area contributed by atoms with E-state index < -0.39 is 0 Å². The molecule has 33 heavy (non-hydrogen) atoms. The Morgan fingerprint density at radius 2 is 2.15 bits per heavy atom. The van der Waals surface area contributed by atoms with Crippen LogP contribution >= 0.6 is 11.8 Å². The Balaban J connectivity index is 1.87. The Kier molecular flexibility index (Phi) is 8.78. The second-order valence-electron chi connectivity index (χ2n) is 9.62. The number of carbonyl (C=O) groups excluding carboxylic acids is 1. The first kappa shape index (κ1) is 25.9. The van der Waals surface area contributed by atoms with Crippen LogP contribution in [0.15, 0.2) is 40.2 Å². The summed E-state index contributed by atoms with van der Waals surface area (Å²) >= 11 is 1.40. The highest BCUT2D eigenvalue weighted by Crippen LogP contribution is 2.44. The zero-order valence-electron chi connectivity index (χ0n) is 20.8. The van der Waals surface area contributed by atoms with Gasteiger partial charge in [0, 0.05) is 54.8 Å². The van der Waals surface area contributed by atoms with Crippen molar-refractivity contribution >= 4 is 23.4 Å². The lowest BCUT2D eigenvalue weighted by molar-refractivity contribution is -0.121. The van der Waals surface area contributed by atoms with Gasteiger partial charge in [-0.3, -0.25) is 9.69 Å². The number of thioether (sulfide) groups is 1. The van der Waals surface area contributed by atoms with Crippen LogP contribution in [0.2, 0.25) is 0 Å². The van der Waals surface area contributed by atoms with Gasteiger partial charge in [0.1, 0.15) is 5.82 Å². The first-order chi connectivity index (χ1) is 15.7. The molecule has 0 bridgehead atoms. The number of ether oxygens (including phenoxy) is 1. The molecule has 2 aliphatic heterocycles. The number of amides is 1. The maximum atomic E-state index is 15.1. The van der Waals surface area contributed by atoms with Gasteiger partial charge in [-0.05, 0) is 38.0 Å². The Labute approximate surface area is 202 Å². The van der Waals surface area contributed by atoms with Crippen LogP contribution in [0.25, 0.3) is 0 Å². The Hall–Kier alpha value is -1.67. The average molecular weight is 476 g/mol. The molecule has 0 saturated carbocycles. The molecule has 2 aliphatic rings. The van der Waals surface area contributed by atoms with E-state index in [1.165, 1.54) is 11.8 Å². The van der Waals surface area contributed by atoms with Crippen LogP contribution in [0.4, 0.5) is 10.1 Å². The smallest absolute Gasteiger partial charge is 0.241 e. The summed E-state index contributed by atoms with van der Waals surface area (Å²) in [4.78, 5) is 19.1. The molecular weight excluding hydrogens is 437 g/mol. The van der Waals surface area contributed by atoms with Crippen LogP contribution in [0.5, 0.6) is 0 Å². The normalized spacial score (nSPS) is 23.4. The van der Waals surface area contributed by atoms with Gasteiger partial charge in [0.2, 0.25) is 5.91 Å². The number of piperazine rings is 1. The molecule has 1 N–H and O–H groups in total. The zero-order chi connectivity index (χ0) is 24.2. The lowest BCUT2D eigenvalue weighted by Crippen LogP contribution is -2.59. The standard InChI is InChI=1S/C26H38FN3O2S/c1-7-9-10-20(8-2)33-24-12-23-21(11-22(24)27)26(4,5)17-30(23)25(31)15-29-14-18(3)28-13-19(29)16-32-6/h8-12,18-19,28H,7,13-17H2,1-6H3/b10-9-,20-8+/t18-,19-/m1/s1. The van der Waals surface area contributed by atoms with Gasteiger partial charge in [-0.25, -0.2) is 4.39 Å². The number of rotatable bonds is 8. The summed E-state index contributed by atoms with van der Waals surface area (Å²) < 4.78 is 20.5. The van der Waals surface area contributed by atoms with Crippen LogP contribution in [0.3, 0.4) is 0 Å². The molecule has 2 atom stereocenters. The molecule has 0 radical (unpaired) electrons. The van der Waals surface area contributed by atoms with Gasteiger partial charge in [-0.2, -0.15) is 0 Å². The number of fused-ring (bicyclic) bond motifs is 1. The maximum Gasteiger partial charge on any atom is 0.241 e. The van der Waals surface area contributed by atoms with Crippen molar-refractivity contribution in [2.45, 2.75) is 63.4 Å². The molecule has 5 nitrogen and oxygen atoms in total. The maximum absolute atomic E-state index is 15.1. The van der Waals surface area contributed by atoms with Gasteiger partial charge >= 0.3 is 0 Å². The van der Waals surface area contributed by atoms with Crippen LogP contribution < -0.4 is 10.2 Å². The van der Waals surface area contributed by atoms with Gasteiger partial charge in [0.25, 0.3) is 0 Å². The third kappa shape index (κ3) is 6.07. The fraction of sp³-hybridized carbons (Fsp3) is 0.577. The molecule has 0 aromatic heterocycles. The number of hydrogen-bond donors (Lipinski definition) is 1. The first-order valence-corrected chi connectivity index (χ1v) is 12.6. The van der Waals surface area contributed by atoms with Gasteiger partial charge in [-0.15, -0.1) is 0 Å². The summed E-state index contributed by atoms with van der Waals surface area (Å²) in [7, 11) is 1.69. The van der Waals surface area contributed by atoms with Crippen molar-refractivity contribution in [1.82, 2.24) is 10.2 Å². The molecule has 0 unspecified atom stereocenters. The van der Waals surface area contributed by atoms with E-state index in [2.05, 4.69) is 44.0 Å². The topological polar surface area (TPSA) is 44.8 Å². The minimum absolute atomic E-state index is 0.0525.